The Kier molecular flexibility index (Phi) is 2.34. The number of nitriles is 1. The van der Waals surface area contributed by atoms with E-state index in [1.54, 1.807) is 12.3 Å². The summed E-state index contributed by atoms with van der Waals surface area (Å²) in [6.07, 6.45) is 5.64. The Hall–Kier alpha value is -2.34. The predicted molar refractivity (Wildman–Crippen MR) is 58.3 cm³/mol. The van der Waals surface area contributed by atoms with E-state index in [4.69, 9.17) is 5.26 Å². The number of H-pyrrole nitrogens is 1. The lowest BCUT2D eigenvalue weighted by atomic mass is 10.1. The normalized spacial score (nSPS) is 10.6. The molecule has 15 heavy (non-hydrogen) atoms. The molecule has 72 valence electrons. The van der Waals surface area contributed by atoms with Gasteiger partial charge in [-0.05, 0) is 17.7 Å². The maximum Gasteiger partial charge on any atom is 0.152 e. The highest BCUT2D eigenvalue weighted by Crippen LogP contribution is 2.18. The molecule has 1 N–H and O–H groups in total. The number of benzene rings is 1. The Morgan fingerprint density at radius 2 is 2.27 bits per heavy atom. The molecule has 0 aliphatic rings. The molecule has 0 unspecified atom stereocenters. The summed E-state index contributed by atoms with van der Waals surface area (Å²) in [6, 6.07) is 7.57. The van der Waals surface area contributed by atoms with Crippen molar-refractivity contribution in [1.29, 1.82) is 5.26 Å². The Bertz CT molecular complexity index is 573. The predicted octanol–water partition coefficient (Wildman–Crippen LogP) is 2.52. The SMILES string of the molecule is N#CC=Cc1ccc2c(C=O)c[nH]c2c1. The molecule has 2 rings (SSSR count). The van der Waals surface area contributed by atoms with Crippen molar-refractivity contribution in [2.24, 2.45) is 0 Å². The lowest BCUT2D eigenvalue weighted by Gasteiger charge is -1.93. The third kappa shape index (κ3) is 1.65. The van der Waals surface area contributed by atoms with Gasteiger partial charge < -0.3 is 4.98 Å². The summed E-state index contributed by atoms with van der Waals surface area (Å²) in [7, 11) is 0. The Morgan fingerprint density at radius 1 is 1.40 bits per heavy atom. The average molecular weight is 196 g/mol. The third-order valence-corrected chi connectivity index (χ3v) is 2.22. The van der Waals surface area contributed by atoms with Crippen molar-refractivity contribution >= 4 is 23.3 Å². The number of carbonyl (C=O) groups excluding carboxylic acids is 1. The van der Waals surface area contributed by atoms with Crippen LogP contribution in [-0.4, -0.2) is 11.3 Å². The molecule has 1 aromatic heterocycles. The largest absolute Gasteiger partial charge is 0.360 e. The van der Waals surface area contributed by atoms with E-state index in [0.29, 0.717) is 5.56 Å². The van der Waals surface area contributed by atoms with Gasteiger partial charge in [-0.2, -0.15) is 5.26 Å². The fourth-order valence-corrected chi connectivity index (χ4v) is 1.50. The van der Waals surface area contributed by atoms with E-state index in [2.05, 4.69) is 4.98 Å². The first-order valence-electron chi connectivity index (χ1n) is 4.47. The van der Waals surface area contributed by atoms with Gasteiger partial charge in [-0.15, -0.1) is 0 Å². The monoisotopic (exact) mass is 196 g/mol. The maximum atomic E-state index is 10.7. The molecule has 0 spiro atoms. The van der Waals surface area contributed by atoms with Gasteiger partial charge in [-0.1, -0.05) is 12.1 Å². The van der Waals surface area contributed by atoms with Crippen molar-refractivity contribution in [3.63, 3.8) is 0 Å². The molecule has 0 atom stereocenters. The summed E-state index contributed by atoms with van der Waals surface area (Å²) in [5.41, 5.74) is 2.49. The van der Waals surface area contributed by atoms with E-state index in [1.807, 2.05) is 24.3 Å². The number of rotatable bonds is 2. The van der Waals surface area contributed by atoms with Crippen LogP contribution in [0.1, 0.15) is 15.9 Å². The van der Waals surface area contributed by atoms with Crippen molar-refractivity contribution in [1.82, 2.24) is 4.98 Å². The van der Waals surface area contributed by atoms with E-state index >= 15 is 0 Å². The van der Waals surface area contributed by atoms with Gasteiger partial charge in [0.1, 0.15) is 0 Å². The molecule has 0 saturated carbocycles. The lowest BCUT2D eigenvalue weighted by Crippen LogP contribution is -1.76. The highest BCUT2D eigenvalue weighted by atomic mass is 16.1. The standard InChI is InChI=1S/C12H8N2O/c13-5-1-2-9-3-4-11-10(8-15)7-14-12(11)6-9/h1-4,6-8,14H. The molecular formula is C12H8N2O. The summed E-state index contributed by atoms with van der Waals surface area (Å²) in [6.45, 7) is 0. The Labute approximate surface area is 86.6 Å². The van der Waals surface area contributed by atoms with E-state index < -0.39 is 0 Å². The molecule has 0 radical (unpaired) electrons. The molecule has 1 aromatic carbocycles. The fraction of sp³-hybridized carbons (Fsp3) is 0. The molecule has 0 fully saturated rings. The molecule has 0 aliphatic heterocycles. The first kappa shape index (κ1) is 9.22. The van der Waals surface area contributed by atoms with Crippen molar-refractivity contribution in [3.05, 3.63) is 41.6 Å². The first-order valence-corrected chi connectivity index (χ1v) is 4.47. The van der Waals surface area contributed by atoms with Crippen LogP contribution in [0.15, 0.2) is 30.5 Å². The number of nitrogens with zero attached hydrogens (tertiary/aromatic N) is 1. The average Bonchev–Trinajstić information content (AvgIpc) is 2.68. The number of allylic oxidation sites excluding steroid dienone is 1. The van der Waals surface area contributed by atoms with Crippen LogP contribution in [0.4, 0.5) is 0 Å². The zero-order chi connectivity index (χ0) is 10.7. The van der Waals surface area contributed by atoms with E-state index in [9.17, 15) is 4.79 Å². The molecule has 0 amide bonds. The molecule has 0 aliphatic carbocycles. The van der Waals surface area contributed by atoms with Gasteiger partial charge in [0, 0.05) is 28.7 Å². The minimum atomic E-state index is 0.654. The quantitative estimate of drug-likeness (QED) is 0.592. The molecule has 3 nitrogen and oxygen atoms in total. The van der Waals surface area contributed by atoms with Crippen molar-refractivity contribution in [2.45, 2.75) is 0 Å². The van der Waals surface area contributed by atoms with E-state index in [0.717, 1.165) is 22.8 Å². The molecule has 2 aromatic rings. The first-order chi connectivity index (χ1) is 7.35. The van der Waals surface area contributed by atoms with Crippen LogP contribution in [0.5, 0.6) is 0 Å². The van der Waals surface area contributed by atoms with Crippen LogP contribution in [0.2, 0.25) is 0 Å². The van der Waals surface area contributed by atoms with Gasteiger partial charge in [0.15, 0.2) is 6.29 Å². The van der Waals surface area contributed by atoms with Gasteiger partial charge in [0.25, 0.3) is 0 Å². The van der Waals surface area contributed by atoms with Gasteiger partial charge >= 0.3 is 0 Å². The molecule has 3 heteroatoms. The smallest absolute Gasteiger partial charge is 0.152 e. The highest BCUT2D eigenvalue weighted by Gasteiger charge is 2.01. The third-order valence-electron chi connectivity index (χ3n) is 2.22. The number of carbonyl (C=O) groups is 1. The zero-order valence-corrected chi connectivity index (χ0v) is 7.90. The summed E-state index contributed by atoms with van der Waals surface area (Å²) in [4.78, 5) is 13.7. The van der Waals surface area contributed by atoms with Gasteiger partial charge in [0.2, 0.25) is 0 Å². The number of nitrogens with one attached hydrogen (secondary N) is 1. The molecule has 0 saturated heterocycles. The van der Waals surface area contributed by atoms with Gasteiger partial charge in [0.05, 0.1) is 6.07 Å². The molecule has 1 heterocycles. The van der Waals surface area contributed by atoms with E-state index in [-0.39, 0.29) is 0 Å². The highest BCUT2D eigenvalue weighted by molar-refractivity contribution is 5.97. The summed E-state index contributed by atoms with van der Waals surface area (Å²) < 4.78 is 0. The maximum absolute atomic E-state index is 10.7. The minimum absolute atomic E-state index is 0.654. The zero-order valence-electron chi connectivity index (χ0n) is 7.90. The van der Waals surface area contributed by atoms with Gasteiger partial charge in [-0.25, -0.2) is 0 Å². The second-order valence-electron chi connectivity index (χ2n) is 3.13. The summed E-state index contributed by atoms with van der Waals surface area (Å²) in [5, 5.41) is 9.29. The summed E-state index contributed by atoms with van der Waals surface area (Å²) >= 11 is 0. The van der Waals surface area contributed by atoms with Gasteiger partial charge in [-0.3, -0.25) is 4.79 Å². The fourth-order valence-electron chi connectivity index (χ4n) is 1.50. The van der Waals surface area contributed by atoms with Crippen molar-refractivity contribution in [2.75, 3.05) is 0 Å². The number of aldehydes is 1. The second kappa shape index (κ2) is 3.81. The number of aromatic amines is 1. The second-order valence-corrected chi connectivity index (χ2v) is 3.13. The number of fused-ring (bicyclic) bond motifs is 1. The van der Waals surface area contributed by atoms with Crippen LogP contribution in [0, 0.1) is 11.3 Å². The molecule has 0 bridgehead atoms. The topological polar surface area (TPSA) is 56.6 Å². The van der Waals surface area contributed by atoms with Crippen molar-refractivity contribution < 1.29 is 4.79 Å². The lowest BCUT2D eigenvalue weighted by molar-refractivity contribution is 0.112. The number of hydrogen-bond acceptors (Lipinski definition) is 2. The van der Waals surface area contributed by atoms with Crippen LogP contribution in [0.3, 0.4) is 0 Å². The Balaban J connectivity index is 2.54. The summed E-state index contributed by atoms with van der Waals surface area (Å²) in [5.74, 6) is 0. The van der Waals surface area contributed by atoms with Crippen LogP contribution >= 0.6 is 0 Å². The van der Waals surface area contributed by atoms with Crippen LogP contribution in [-0.2, 0) is 0 Å². The van der Waals surface area contributed by atoms with Crippen molar-refractivity contribution in [3.8, 4) is 6.07 Å². The molecular weight excluding hydrogens is 188 g/mol. The minimum Gasteiger partial charge on any atom is -0.360 e. The number of hydrogen-bond donors (Lipinski definition) is 1. The Morgan fingerprint density at radius 3 is 3.00 bits per heavy atom. The van der Waals surface area contributed by atoms with E-state index in [1.165, 1.54) is 6.08 Å². The number of aromatic nitrogens is 1. The van der Waals surface area contributed by atoms with Crippen LogP contribution in [0.25, 0.3) is 17.0 Å². The van der Waals surface area contributed by atoms with Crippen LogP contribution < -0.4 is 0 Å².